The Bertz CT molecular complexity index is 298. The van der Waals surface area contributed by atoms with Gasteiger partial charge in [-0.05, 0) is 40.0 Å². The minimum absolute atomic E-state index is 0.938. The molecule has 0 nitrogen and oxygen atoms in total. The van der Waals surface area contributed by atoms with Gasteiger partial charge in [0.2, 0.25) is 0 Å². The van der Waals surface area contributed by atoms with Crippen molar-refractivity contribution >= 4 is 0 Å². The maximum Gasteiger partial charge on any atom is -0.0169 e. The lowest BCUT2D eigenvalue weighted by atomic mass is 10.1. The molecule has 0 aromatic carbocycles. The Morgan fingerprint density at radius 1 is 1.11 bits per heavy atom. The molecule has 0 unspecified atom stereocenters. The van der Waals surface area contributed by atoms with Gasteiger partial charge in [-0.15, -0.1) is 6.58 Å². The first-order chi connectivity index (χ1) is 8.70. The summed E-state index contributed by atoms with van der Waals surface area (Å²) < 4.78 is 0. The summed E-state index contributed by atoms with van der Waals surface area (Å²) in [4.78, 5) is 0. The van der Waals surface area contributed by atoms with E-state index in [9.17, 15) is 0 Å². The maximum absolute atomic E-state index is 3.68. The Kier molecular flexibility index (Phi) is 16.6. The van der Waals surface area contributed by atoms with Crippen molar-refractivity contribution in [2.75, 3.05) is 0 Å². The molecule has 0 spiro atoms. The van der Waals surface area contributed by atoms with E-state index in [1.54, 1.807) is 0 Å². The lowest BCUT2D eigenvalue weighted by Gasteiger charge is -1.98. The van der Waals surface area contributed by atoms with Crippen molar-refractivity contribution in [3.05, 3.63) is 60.3 Å². The molecule has 0 radical (unpaired) electrons. The van der Waals surface area contributed by atoms with Crippen molar-refractivity contribution in [2.24, 2.45) is 0 Å². The monoisotopic (exact) mass is 246 g/mol. The molecule has 0 saturated heterocycles. The van der Waals surface area contributed by atoms with Gasteiger partial charge in [0.1, 0.15) is 0 Å². The number of allylic oxidation sites excluding steroid dienone is 9. The van der Waals surface area contributed by atoms with Crippen LogP contribution in [0, 0.1) is 0 Å². The summed E-state index contributed by atoms with van der Waals surface area (Å²) in [7, 11) is 0. The summed E-state index contributed by atoms with van der Waals surface area (Å²) in [6, 6.07) is 0. The average molecular weight is 246 g/mol. The van der Waals surface area contributed by atoms with Crippen LogP contribution in [0.5, 0.6) is 0 Å². The van der Waals surface area contributed by atoms with E-state index in [1.165, 1.54) is 11.1 Å². The van der Waals surface area contributed by atoms with Crippen molar-refractivity contribution in [3.8, 4) is 0 Å². The summed E-state index contributed by atoms with van der Waals surface area (Å²) >= 11 is 0. The third-order valence-electron chi connectivity index (χ3n) is 2.21. The Hall–Kier alpha value is -1.30. The normalized spacial score (nSPS) is 12.7. The van der Waals surface area contributed by atoms with Crippen LogP contribution in [-0.4, -0.2) is 0 Å². The van der Waals surface area contributed by atoms with Gasteiger partial charge in [0, 0.05) is 0 Å². The minimum atomic E-state index is 0.938. The molecule has 0 bridgehead atoms. The van der Waals surface area contributed by atoms with Crippen LogP contribution in [0.15, 0.2) is 60.3 Å². The van der Waals surface area contributed by atoms with Gasteiger partial charge < -0.3 is 0 Å². The predicted octanol–water partition coefficient (Wildman–Crippen LogP) is 6.39. The molecule has 18 heavy (non-hydrogen) atoms. The first-order valence-corrected chi connectivity index (χ1v) is 6.93. The van der Waals surface area contributed by atoms with Crippen LogP contribution in [0.4, 0.5) is 0 Å². The Balaban J connectivity index is 0. The van der Waals surface area contributed by atoms with E-state index in [-0.39, 0.29) is 0 Å². The lowest BCUT2D eigenvalue weighted by Crippen LogP contribution is -1.77. The van der Waals surface area contributed by atoms with E-state index in [2.05, 4.69) is 63.8 Å². The van der Waals surface area contributed by atoms with E-state index < -0.39 is 0 Å². The highest BCUT2D eigenvalue weighted by atomic mass is 13.9. The van der Waals surface area contributed by atoms with Gasteiger partial charge in [-0.25, -0.2) is 0 Å². The number of rotatable bonds is 7. The largest absolute Gasteiger partial charge is 0.103 e. The van der Waals surface area contributed by atoms with E-state index >= 15 is 0 Å². The molecule has 0 saturated carbocycles. The molecule has 0 fully saturated rings. The van der Waals surface area contributed by atoms with Crippen molar-refractivity contribution in [1.82, 2.24) is 0 Å². The van der Waals surface area contributed by atoms with Crippen LogP contribution in [0.2, 0.25) is 0 Å². The van der Waals surface area contributed by atoms with Gasteiger partial charge in [0.05, 0.1) is 0 Å². The summed E-state index contributed by atoms with van der Waals surface area (Å²) in [6.07, 6.45) is 18.0. The van der Waals surface area contributed by atoms with Gasteiger partial charge in [-0.1, -0.05) is 67.5 Å². The second kappa shape index (κ2) is 15.7. The van der Waals surface area contributed by atoms with Crippen molar-refractivity contribution < 1.29 is 0 Å². The fourth-order valence-corrected chi connectivity index (χ4v) is 1.38. The van der Waals surface area contributed by atoms with E-state index in [4.69, 9.17) is 0 Å². The first kappa shape index (κ1) is 19.0. The molecule has 0 aromatic heterocycles. The summed E-state index contributed by atoms with van der Waals surface area (Å²) in [6.45, 7) is 14.1. The molecule has 102 valence electrons. The third kappa shape index (κ3) is 14.7. The highest BCUT2D eigenvalue weighted by molar-refractivity contribution is 5.25. The van der Waals surface area contributed by atoms with Gasteiger partial charge >= 0.3 is 0 Å². The zero-order chi connectivity index (χ0) is 14.2. The quantitative estimate of drug-likeness (QED) is 0.360. The molecule has 0 heterocycles. The summed E-state index contributed by atoms with van der Waals surface area (Å²) in [5, 5.41) is 0. The molecule has 0 heteroatoms. The topological polar surface area (TPSA) is 0 Å². The van der Waals surface area contributed by atoms with Crippen LogP contribution in [0.1, 0.15) is 53.9 Å². The zero-order valence-electron chi connectivity index (χ0n) is 12.9. The van der Waals surface area contributed by atoms with Gasteiger partial charge in [0.25, 0.3) is 0 Å². The van der Waals surface area contributed by atoms with Crippen molar-refractivity contribution in [2.45, 2.75) is 53.9 Å². The van der Waals surface area contributed by atoms with E-state index in [0.29, 0.717) is 0 Å². The molecule has 0 rings (SSSR count). The van der Waals surface area contributed by atoms with Crippen molar-refractivity contribution in [3.63, 3.8) is 0 Å². The molecule has 0 aliphatic carbocycles. The van der Waals surface area contributed by atoms with E-state index in [1.807, 2.05) is 19.9 Å². The average Bonchev–Trinajstić information content (AvgIpc) is 2.37. The molecule has 0 aromatic rings. The Morgan fingerprint density at radius 2 is 1.78 bits per heavy atom. The second-order valence-electron chi connectivity index (χ2n) is 3.96. The highest BCUT2D eigenvalue weighted by Crippen LogP contribution is 2.08. The van der Waals surface area contributed by atoms with Gasteiger partial charge in [0.15, 0.2) is 0 Å². The van der Waals surface area contributed by atoms with Crippen LogP contribution in [0.25, 0.3) is 0 Å². The van der Waals surface area contributed by atoms with Crippen LogP contribution in [-0.2, 0) is 0 Å². The zero-order valence-corrected chi connectivity index (χ0v) is 12.9. The van der Waals surface area contributed by atoms with Crippen LogP contribution in [0.3, 0.4) is 0 Å². The maximum atomic E-state index is 3.68. The molecule has 0 N–H and O–H groups in total. The molecule has 0 aliphatic heterocycles. The fourth-order valence-electron chi connectivity index (χ4n) is 1.38. The predicted molar refractivity (Wildman–Crippen MR) is 86.9 cm³/mol. The first-order valence-electron chi connectivity index (χ1n) is 6.93. The number of hydrogen-bond acceptors (Lipinski definition) is 0. The molecular weight excluding hydrogens is 216 g/mol. The van der Waals surface area contributed by atoms with Gasteiger partial charge in [-0.2, -0.15) is 0 Å². The van der Waals surface area contributed by atoms with Gasteiger partial charge in [-0.3, -0.25) is 0 Å². The molecule has 0 aliphatic rings. The molecule has 0 atom stereocenters. The fraction of sp³-hybridized carbons (Fsp3) is 0.444. The lowest BCUT2D eigenvalue weighted by molar-refractivity contribution is 0.973. The number of hydrogen-bond donors (Lipinski definition) is 0. The second-order valence-corrected chi connectivity index (χ2v) is 3.96. The smallest absolute Gasteiger partial charge is 0.0169 e. The Morgan fingerprint density at radius 3 is 2.33 bits per heavy atom. The minimum Gasteiger partial charge on any atom is -0.103 e. The van der Waals surface area contributed by atoms with Crippen LogP contribution < -0.4 is 0 Å². The van der Waals surface area contributed by atoms with Crippen molar-refractivity contribution in [1.29, 1.82) is 0 Å². The SMILES string of the molecule is C=CCC=C/C=C(C)\C=C(/C)CC/C=C/C.CC. The highest BCUT2D eigenvalue weighted by Gasteiger charge is 1.88. The standard InChI is InChI=1S/C16H24.C2H6/c1-5-7-9-11-13-16(4)14-15(3)12-10-8-6-2;1-2/h5-6,8-9,11,13-14H,1,7,10,12H2,2-4H3;1-2H3/b8-6+,11-9?,15-14+,16-13-;. The van der Waals surface area contributed by atoms with E-state index in [0.717, 1.165) is 19.3 Å². The molecular formula is C18H30. The summed E-state index contributed by atoms with van der Waals surface area (Å²) in [5.74, 6) is 0. The third-order valence-corrected chi connectivity index (χ3v) is 2.21. The van der Waals surface area contributed by atoms with Crippen LogP contribution >= 0.6 is 0 Å². The molecule has 0 amide bonds. The summed E-state index contributed by atoms with van der Waals surface area (Å²) in [5.41, 5.74) is 2.74. The Labute approximate surface area is 115 Å².